The zero-order valence-corrected chi connectivity index (χ0v) is 11.8. The van der Waals surface area contributed by atoms with E-state index in [1.807, 2.05) is 12.1 Å². The van der Waals surface area contributed by atoms with Crippen LogP contribution in [-0.4, -0.2) is 23.7 Å². The maximum absolute atomic E-state index is 6.02. The Labute approximate surface area is 122 Å². The Kier molecular flexibility index (Phi) is 3.92. The molecule has 112 valence electrons. The van der Waals surface area contributed by atoms with Gasteiger partial charge >= 0.3 is 0 Å². The first-order valence-electron chi connectivity index (χ1n) is 6.87. The summed E-state index contributed by atoms with van der Waals surface area (Å²) in [6, 6.07) is 3.71. The third-order valence-corrected chi connectivity index (χ3v) is 3.35. The number of hydrogen-bond donors (Lipinski definition) is 2. The van der Waals surface area contributed by atoms with E-state index in [9.17, 15) is 0 Å². The molecule has 0 aliphatic carbocycles. The topological polar surface area (TPSA) is 95.4 Å². The molecule has 2 aromatic heterocycles. The standard InChI is InChI=1S/C14H18N4O3/c1-19-14-11(15)13(16-8-9-4-2-6-20-9)17-12(18-14)10-5-3-7-21-10/h2,4,6,10H,3,5,7-8,15H2,1H3,(H,16,17,18). The Morgan fingerprint density at radius 2 is 2.38 bits per heavy atom. The molecule has 1 fully saturated rings. The molecule has 1 saturated heterocycles. The molecule has 1 atom stereocenters. The van der Waals surface area contributed by atoms with Crippen LogP contribution in [0.15, 0.2) is 22.8 Å². The Morgan fingerprint density at radius 3 is 3.05 bits per heavy atom. The lowest BCUT2D eigenvalue weighted by Gasteiger charge is -2.14. The van der Waals surface area contributed by atoms with Gasteiger partial charge in [-0.1, -0.05) is 0 Å². The van der Waals surface area contributed by atoms with Crippen molar-refractivity contribution in [2.45, 2.75) is 25.5 Å². The van der Waals surface area contributed by atoms with E-state index in [0.29, 0.717) is 29.8 Å². The monoisotopic (exact) mass is 290 g/mol. The van der Waals surface area contributed by atoms with Gasteiger partial charge in [-0.15, -0.1) is 0 Å². The number of ether oxygens (including phenoxy) is 2. The minimum absolute atomic E-state index is 0.0938. The molecule has 0 saturated carbocycles. The fourth-order valence-electron chi connectivity index (χ4n) is 2.26. The molecule has 0 radical (unpaired) electrons. The second-order valence-electron chi connectivity index (χ2n) is 4.79. The van der Waals surface area contributed by atoms with E-state index in [4.69, 9.17) is 19.6 Å². The number of nitrogen functional groups attached to an aromatic ring is 1. The average Bonchev–Trinajstić information content (AvgIpc) is 3.19. The van der Waals surface area contributed by atoms with Crippen molar-refractivity contribution < 1.29 is 13.9 Å². The van der Waals surface area contributed by atoms with Crippen molar-refractivity contribution in [3.05, 3.63) is 30.0 Å². The number of aromatic nitrogens is 2. The predicted molar refractivity (Wildman–Crippen MR) is 77.0 cm³/mol. The van der Waals surface area contributed by atoms with Gasteiger partial charge in [0.15, 0.2) is 11.6 Å². The summed E-state index contributed by atoms with van der Waals surface area (Å²) in [6.45, 7) is 1.22. The van der Waals surface area contributed by atoms with Crippen LogP contribution in [0.2, 0.25) is 0 Å². The summed E-state index contributed by atoms with van der Waals surface area (Å²) in [5.41, 5.74) is 6.40. The molecule has 3 heterocycles. The molecule has 7 heteroatoms. The number of furan rings is 1. The molecule has 0 aromatic carbocycles. The van der Waals surface area contributed by atoms with Crippen molar-refractivity contribution in [2.75, 3.05) is 24.8 Å². The molecule has 2 aromatic rings. The van der Waals surface area contributed by atoms with Crippen LogP contribution in [0.25, 0.3) is 0 Å². The smallest absolute Gasteiger partial charge is 0.242 e. The van der Waals surface area contributed by atoms with Gasteiger partial charge in [-0.05, 0) is 25.0 Å². The number of methoxy groups -OCH3 is 1. The Balaban J connectivity index is 1.84. The molecule has 1 aliphatic rings. The number of nitrogens with one attached hydrogen (secondary N) is 1. The van der Waals surface area contributed by atoms with Crippen molar-refractivity contribution in [3.8, 4) is 5.88 Å². The molecular weight excluding hydrogens is 272 g/mol. The van der Waals surface area contributed by atoms with Crippen molar-refractivity contribution in [2.24, 2.45) is 0 Å². The van der Waals surface area contributed by atoms with Crippen molar-refractivity contribution in [3.63, 3.8) is 0 Å². The van der Waals surface area contributed by atoms with E-state index in [1.54, 1.807) is 6.26 Å². The molecule has 21 heavy (non-hydrogen) atoms. The zero-order valence-electron chi connectivity index (χ0n) is 11.8. The molecule has 7 nitrogen and oxygen atoms in total. The largest absolute Gasteiger partial charge is 0.479 e. The van der Waals surface area contributed by atoms with Crippen LogP contribution < -0.4 is 15.8 Å². The second-order valence-corrected chi connectivity index (χ2v) is 4.79. The number of hydrogen-bond acceptors (Lipinski definition) is 7. The highest BCUT2D eigenvalue weighted by atomic mass is 16.5. The fourth-order valence-corrected chi connectivity index (χ4v) is 2.26. The minimum atomic E-state index is -0.0938. The maximum Gasteiger partial charge on any atom is 0.242 e. The van der Waals surface area contributed by atoms with Gasteiger partial charge in [0.05, 0.1) is 19.9 Å². The summed E-state index contributed by atoms with van der Waals surface area (Å²) in [4.78, 5) is 8.80. The van der Waals surface area contributed by atoms with Crippen molar-refractivity contribution >= 4 is 11.5 Å². The van der Waals surface area contributed by atoms with Crippen molar-refractivity contribution in [1.82, 2.24) is 9.97 Å². The van der Waals surface area contributed by atoms with Gasteiger partial charge in [0.1, 0.15) is 17.6 Å². The van der Waals surface area contributed by atoms with Crippen molar-refractivity contribution in [1.29, 1.82) is 0 Å². The van der Waals surface area contributed by atoms with E-state index in [0.717, 1.165) is 25.2 Å². The van der Waals surface area contributed by atoms with Gasteiger partial charge in [-0.2, -0.15) is 4.98 Å². The second kappa shape index (κ2) is 6.01. The number of nitrogens with zero attached hydrogens (tertiary/aromatic N) is 2. The van der Waals surface area contributed by atoms with Crippen LogP contribution in [0.1, 0.15) is 30.5 Å². The SMILES string of the molecule is COc1nc(C2CCCO2)nc(NCc2ccco2)c1N. The van der Waals surface area contributed by atoms with E-state index in [-0.39, 0.29) is 6.10 Å². The van der Waals surface area contributed by atoms with E-state index in [2.05, 4.69) is 15.3 Å². The summed E-state index contributed by atoms with van der Waals surface area (Å²) >= 11 is 0. The van der Waals surface area contributed by atoms with Gasteiger partial charge < -0.3 is 24.9 Å². The molecule has 0 bridgehead atoms. The summed E-state index contributed by atoms with van der Waals surface area (Å²) in [7, 11) is 1.54. The first-order valence-corrected chi connectivity index (χ1v) is 6.87. The van der Waals surface area contributed by atoms with Gasteiger partial charge in [0, 0.05) is 6.61 Å². The minimum Gasteiger partial charge on any atom is -0.479 e. The molecule has 3 rings (SSSR count). The highest BCUT2D eigenvalue weighted by molar-refractivity contribution is 5.67. The third kappa shape index (κ3) is 2.92. The highest BCUT2D eigenvalue weighted by Gasteiger charge is 2.23. The van der Waals surface area contributed by atoms with E-state index < -0.39 is 0 Å². The Hall–Kier alpha value is -2.28. The van der Waals surface area contributed by atoms with Gasteiger partial charge in [-0.3, -0.25) is 0 Å². The summed E-state index contributed by atoms with van der Waals surface area (Å²) < 4.78 is 16.1. The van der Waals surface area contributed by atoms with Gasteiger partial charge in [0.2, 0.25) is 5.88 Å². The normalized spacial score (nSPS) is 17.9. The molecular formula is C14H18N4O3. The Morgan fingerprint density at radius 1 is 1.48 bits per heavy atom. The first kappa shape index (κ1) is 13.7. The number of rotatable bonds is 5. The predicted octanol–water partition coefficient (Wildman–Crippen LogP) is 2.12. The van der Waals surface area contributed by atoms with Crippen LogP contribution >= 0.6 is 0 Å². The molecule has 0 spiro atoms. The summed E-state index contributed by atoms with van der Waals surface area (Å²) in [5, 5.41) is 3.15. The van der Waals surface area contributed by atoms with Crippen LogP contribution in [0, 0.1) is 0 Å². The quantitative estimate of drug-likeness (QED) is 0.870. The van der Waals surface area contributed by atoms with Crippen LogP contribution in [0.3, 0.4) is 0 Å². The zero-order chi connectivity index (χ0) is 14.7. The van der Waals surface area contributed by atoms with Gasteiger partial charge in [0.25, 0.3) is 0 Å². The number of anilines is 2. The van der Waals surface area contributed by atoms with E-state index in [1.165, 1.54) is 7.11 Å². The third-order valence-electron chi connectivity index (χ3n) is 3.35. The lowest BCUT2D eigenvalue weighted by atomic mass is 10.2. The average molecular weight is 290 g/mol. The lowest BCUT2D eigenvalue weighted by molar-refractivity contribution is 0.104. The Bertz CT molecular complexity index is 595. The summed E-state index contributed by atoms with van der Waals surface area (Å²) in [6.07, 6.45) is 3.45. The maximum atomic E-state index is 6.02. The first-order chi connectivity index (χ1) is 10.3. The molecule has 1 unspecified atom stereocenters. The lowest BCUT2D eigenvalue weighted by Crippen LogP contribution is -2.12. The number of nitrogens with two attached hydrogens (primary N) is 1. The van der Waals surface area contributed by atoms with Crippen LogP contribution in [-0.2, 0) is 11.3 Å². The van der Waals surface area contributed by atoms with Crippen LogP contribution in [0.5, 0.6) is 5.88 Å². The molecule has 0 amide bonds. The van der Waals surface area contributed by atoms with Gasteiger partial charge in [-0.25, -0.2) is 4.98 Å². The van der Waals surface area contributed by atoms with E-state index >= 15 is 0 Å². The molecule has 3 N–H and O–H groups in total. The molecule has 1 aliphatic heterocycles. The summed E-state index contributed by atoms with van der Waals surface area (Å²) in [5.74, 6) is 2.28. The fraction of sp³-hybridized carbons (Fsp3) is 0.429. The van der Waals surface area contributed by atoms with Crippen LogP contribution in [0.4, 0.5) is 11.5 Å². The highest BCUT2D eigenvalue weighted by Crippen LogP contribution is 2.32.